The van der Waals surface area contributed by atoms with E-state index in [2.05, 4.69) is 26.9 Å². The van der Waals surface area contributed by atoms with Crippen LogP contribution in [0.4, 0.5) is 0 Å². The van der Waals surface area contributed by atoms with E-state index in [1.165, 1.54) is 11.3 Å². The fourth-order valence-electron chi connectivity index (χ4n) is 4.34. The predicted molar refractivity (Wildman–Crippen MR) is 135 cm³/mol. The lowest BCUT2D eigenvalue weighted by Gasteiger charge is -2.33. The van der Waals surface area contributed by atoms with E-state index in [4.69, 9.17) is 9.98 Å². The second-order valence-electron chi connectivity index (χ2n) is 9.07. The van der Waals surface area contributed by atoms with Gasteiger partial charge in [0.05, 0.1) is 27.7 Å². The van der Waals surface area contributed by atoms with Crippen molar-refractivity contribution in [3.05, 3.63) is 56.2 Å². The molecule has 3 N–H and O–H groups in total. The molecule has 1 saturated heterocycles. The Morgan fingerprint density at radius 1 is 1.25 bits per heavy atom. The number of H-pyrrole nitrogens is 2. The quantitative estimate of drug-likeness (QED) is 0.362. The Balaban J connectivity index is 1.39. The number of carbonyl (C=O) groups is 1. The largest absolute Gasteiger partial charge is 0.493 e. The van der Waals surface area contributed by atoms with Gasteiger partial charge in [-0.05, 0) is 37.6 Å². The third-order valence-electron chi connectivity index (χ3n) is 6.55. The highest BCUT2D eigenvalue weighted by atomic mass is 32.1. The van der Waals surface area contributed by atoms with E-state index in [0.29, 0.717) is 26.9 Å². The standard InChI is InChI=1S/C24H26N8O3S/c1-2-30-7-9-31(10-8-30)23(34)19-6-5-18(36-19)16-12-20(26-15-3-4-15)32-21(27-16)14(13-25-32)11-17-22(33)29-24(35)28-17/h5-6,11-13,15,33H,2-4,7-10H2,1H3,(H2,28,29,35)/b14-11-,26-20?. The van der Waals surface area contributed by atoms with E-state index >= 15 is 0 Å². The maximum absolute atomic E-state index is 13.1. The molecule has 1 aliphatic carbocycles. The van der Waals surface area contributed by atoms with Gasteiger partial charge in [0.2, 0.25) is 5.88 Å². The molecule has 4 aromatic heterocycles. The number of aromatic hydroxyl groups is 1. The number of carbonyl (C=O) groups excluding carboxylic acids is 1. The van der Waals surface area contributed by atoms with Crippen LogP contribution in [0.2, 0.25) is 0 Å². The highest BCUT2D eigenvalue weighted by Crippen LogP contribution is 2.28. The maximum atomic E-state index is 13.1. The molecule has 36 heavy (non-hydrogen) atoms. The fraction of sp³-hybridized carbons (Fsp3) is 0.375. The van der Waals surface area contributed by atoms with Crippen molar-refractivity contribution in [1.29, 1.82) is 0 Å². The third-order valence-corrected chi connectivity index (χ3v) is 7.65. The monoisotopic (exact) mass is 506 g/mol. The van der Waals surface area contributed by atoms with Gasteiger partial charge in [-0.1, -0.05) is 6.92 Å². The van der Waals surface area contributed by atoms with Gasteiger partial charge in [-0.15, -0.1) is 11.3 Å². The van der Waals surface area contributed by atoms with Crippen molar-refractivity contribution in [2.45, 2.75) is 25.8 Å². The van der Waals surface area contributed by atoms with Gasteiger partial charge in [0.1, 0.15) is 5.69 Å². The highest BCUT2D eigenvalue weighted by molar-refractivity contribution is 7.17. The second kappa shape index (κ2) is 9.03. The van der Waals surface area contributed by atoms with Crippen molar-refractivity contribution in [3.8, 4) is 16.5 Å². The Hall–Kier alpha value is -3.77. The minimum atomic E-state index is -0.500. The lowest BCUT2D eigenvalue weighted by molar-refractivity contribution is 0.0648. The number of piperazine rings is 1. The predicted octanol–water partition coefficient (Wildman–Crippen LogP) is 0.568. The number of likely N-dealkylation sites (N-methyl/N-ethyl adjacent to an activating group) is 1. The van der Waals surface area contributed by atoms with Gasteiger partial charge in [0.15, 0.2) is 11.1 Å². The number of fused-ring (bicyclic) bond motifs is 1. The Bertz CT molecular complexity index is 1620. The first-order chi connectivity index (χ1) is 17.5. The van der Waals surface area contributed by atoms with Crippen molar-refractivity contribution in [3.63, 3.8) is 0 Å². The number of imidazole rings is 1. The number of aromatic amines is 2. The third kappa shape index (κ3) is 4.33. The Labute approximate surface area is 209 Å². The van der Waals surface area contributed by atoms with Gasteiger partial charge < -0.3 is 19.9 Å². The summed E-state index contributed by atoms with van der Waals surface area (Å²) in [4.78, 5) is 45.0. The van der Waals surface area contributed by atoms with Crippen LogP contribution in [0.3, 0.4) is 0 Å². The molecule has 2 aliphatic rings. The van der Waals surface area contributed by atoms with Crippen LogP contribution in [-0.4, -0.2) is 84.1 Å². The van der Waals surface area contributed by atoms with Crippen molar-refractivity contribution in [1.82, 2.24) is 34.4 Å². The molecule has 4 aromatic rings. The summed E-state index contributed by atoms with van der Waals surface area (Å²) in [7, 11) is 0. The summed E-state index contributed by atoms with van der Waals surface area (Å²) in [6, 6.07) is 5.96. The molecule has 186 valence electrons. The van der Waals surface area contributed by atoms with E-state index in [9.17, 15) is 14.7 Å². The van der Waals surface area contributed by atoms with Crippen LogP contribution in [0.15, 0.2) is 34.2 Å². The lowest BCUT2D eigenvalue weighted by atomic mass is 10.3. The summed E-state index contributed by atoms with van der Waals surface area (Å²) in [6.07, 6.45) is 5.33. The Kier molecular flexibility index (Phi) is 5.69. The number of hydrogen-bond donors (Lipinski definition) is 3. The van der Waals surface area contributed by atoms with E-state index in [-0.39, 0.29) is 23.5 Å². The van der Waals surface area contributed by atoms with Crippen LogP contribution in [-0.2, 0) is 0 Å². The zero-order valence-electron chi connectivity index (χ0n) is 19.8. The van der Waals surface area contributed by atoms with E-state index in [1.54, 1.807) is 16.8 Å². The maximum Gasteiger partial charge on any atom is 0.326 e. The molecule has 1 saturated carbocycles. The van der Waals surface area contributed by atoms with Gasteiger partial charge in [-0.2, -0.15) is 9.61 Å². The average Bonchev–Trinajstić information content (AvgIpc) is 3.26. The number of aromatic nitrogens is 5. The van der Waals surface area contributed by atoms with Crippen LogP contribution in [0.25, 0.3) is 22.3 Å². The van der Waals surface area contributed by atoms with Crippen molar-refractivity contribution >= 4 is 29.0 Å². The van der Waals surface area contributed by atoms with Crippen molar-refractivity contribution in [2.24, 2.45) is 4.99 Å². The summed E-state index contributed by atoms with van der Waals surface area (Å²) in [5, 5.41) is 15.1. The molecule has 0 spiro atoms. The van der Waals surface area contributed by atoms with E-state index in [0.717, 1.165) is 50.4 Å². The highest BCUT2D eigenvalue weighted by Gasteiger charge is 2.24. The van der Waals surface area contributed by atoms with Crippen LogP contribution >= 0.6 is 11.3 Å². The Morgan fingerprint density at radius 2 is 2.06 bits per heavy atom. The van der Waals surface area contributed by atoms with Crippen LogP contribution in [0, 0.1) is 0 Å². The molecule has 0 radical (unpaired) electrons. The average molecular weight is 507 g/mol. The minimum absolute atomic E-state index is 0.0521. The number of amides is 1. The topological polar surface area (TPSA) is 135 Å². The van der Waals surface area contributed by atoms with Gasteiger partial charge in [0, 0.05) is 37.5 Å². The molecule has 0 aromatic carbocycles. The number of rotatable bonds is 5. The second-order valence-corrected chi connectivity index (χ2v) is 10.2. The molecule has 2 fully saturated rings. The van der Waals surface area contributed by atoms with Crippen molar-refractivity contribution in [2.75, 3.05) is 32.7 Å². The van der Waals surface area contributed by atoms with E-state index in [1.807, 2.05) is 23.1 Å². The zero-order chi connectivity index (χ0) is 24.8. The van der Waals surface area contributed by atoms with Gasteiger partial charge in [-0.3, -0.25) is 14.8 Å². The first kappa shape index (κ1) is 22.7. The van der Waals surface area contributed by atoms with E-state index < -0.39 is 5.69 Å². The number of thiophene rings is 1. The summed E-state index contributed by atoms with van der Waals surface area (Å²) >= 11 is 1.42. The molecule has 0 atom stereocenters. The molecule has 12 heteroatoms. The first-order valence-corrected chi connectivity index (χ1v) is 12.9. The zero-order valence-corrected chi connectivity index (χ0v) is 20.6. The summed E-state index contributed by atoms with van der Waals surface area (Å²) in [6.45, 7) is 6.40. The summed E-state index contributed by atoms with van der Waals surface area (Å²) in [5.74, 6) is -0.198. The van der Waals surface area contributed by atoms with Crippen LogP contribution in [0.1, 0.15) is 35.1 Å². The number of hydrogen-bond acceptors (Lipinski definition) is 8. The van der Waals surface area contributed by atoms with Crippen LogP contribution < -0.4 is 16.4 Å². The molecular formula is C24H26N8O3S. The molecule has 11 nitrogen and oxygen atoms in total. The summed E-state index contributed by atoms with van der Waals surface area (Å²) in [5.41, 5.74) is 1.67. The van der Waals surface area contributed by atoms with Gasteiger partial charge in [0.25, 0.3) is 5.91 Å². The summed E-state index contributed by atoms with van der Waals surface area (Å²) < 4.78 is 1.67. The SMILES string of the molecule is CCN1CCN(C(=O)c2ccc(-c3cc(=NC4CC4)n4nc/c(=C/c5[nH]c(=O)[nH]c5O)c4n3)s2)CC1. The van der Waals surface area contributed by atoms with Gasteiger partial charge >= 0.3 is 5.69 Å². The molecule has 0 bridgehead atoms. The first-order valence-electron chi connectivity index (χ1n) is 12.1. The smallest absolute Gasteiger partial charge is 0.326 e. The van der Waals surface area contributed by atoms with Crippen LogP contribution in [0.5, 0.6) is 5.88 Å². The number of nitrogens with zero attached hydrogens (tertiary/aromatic N) is 6. The molecule has 1 aliphatic heterocycles. The molecule has 1 amide bonds. The minimum Gasteiger partial charge on any atom is -0.493 e. The lowest BCUT2D eigenvalue weighted by Crippen LogP contribution is -2.48. The molecule has 6 rings (SSSR count). The van der Waals surface area contributed by atoms with Crippen molar-refractivity contribution < 1.29 is 9.90 Å². The molecule has 5 heterocycles. The van der Waals surface area contributed by atoms with Gasteiger partial charge in [-0.25, -0.2) is 9.78 Å². The molecule has 0 unspecified atom stereocenters. The molecular weight excluding hydrogens is 480 g/mol. The number of nitrogens with one attached hydrogen (secondary N) is 2. The fourth-order valence-corrected chi connectivity index (χ4v) is 5.27. The normalized spacial score (nSPS) is 18.0. The Morgan fingerprint density at radius 3 is 2.75 bits per heavy atom.